The van der Waals surface area contributed by atoms with E-state index in [1.807, 2.05) is 24.3 Å². The number of ether oxygens (including phenoxy) is 2. The lowest BCUT2D eigenvalue weighted by Crippen LogP contribution is -2.46. The highest BCUT2D eigenvalue weighted by atomic mass is 16.5. The van der Waals surface area contributed by atoms with Crippen LogP contribution in [0.5, 0.6) is 5.75 Å². The SMILES string of the molecule is COC(=O)c1ccc(N[C@H]2CC[C@H]3[C@@H]4CCc5cc(OC)ccc5[C@H]4CC[C@]23C)cc1. The minimum atomic E-state index is -0.284. The van der Waals surface area contributed by atoms with E-state index in [1.165, 1.54) is 51.2 Å². The molecule has 0 unspecified atom stereocenters. The average Bonchev–Trinajstić information content (AvgIpc) is 3.14. The molecule has 0 saturated heterocycles. The van der Waals surface area contributed by atoms with Gasteiger partial charge >= 0.3 is 5.97 Å². The number of anilines is 1. The summed E-state index contributed by atoms with van der Waals surface area (Å²) in [4.78, 5) is 11.7. The first-order chi connectivity index (χ1) is 15.0. The van der Waals surface area contributed by atoms with Crippen molar-refractivity contribution in [1.82, 2.24) is 0 Å². The highest BCUT2D eigenvalue weighted by molar-refractivity contribution is 5.89. The van der Waals surface area contributed by atoms with E-state index < -0.39 is 0 Å². The minimum Gasteiger partial charge on any atom is -0.497 e. The molecule has 2 fully saturated rings. The van der Waals surface area contributed by atoms with Crippen molar-refractivity contribution in [2.45, 2.75) is 57.4 Å². The molecular weight excluding hydrogens is 386 g/mol. The Balaban J connectivity index is 1.33. The van der Waals surface area contributed by atoms with Gasteiger partial charge in [-0.2, -0.15) is 0 Å². The molecule has 0 amide bonds. The minimum absolute atomic E-state index is 0.284. The van der Waals surface area contributed by atoms with Crippen LogP contribution in [0.1, 0.15) is 66.4 Å². The van der Waals surface area contributed by atoms with Gasteiger partial charge in [0.2, 0.25) is 0 Å². The summed E-state index contributed by atoms with van der Waals surface area (Å²) < 4.78 is 10.3. The Morgan fingerprint density at radius 1 is 1.03 bits per heavy atom. The van der Waals surface area contributed by atoms with Crippen molar-refractivity contribution in [3.8, 4) is 5.75 Å². The third-order valence-corrected chi connectivity index (χ3v) is 8.58. The highest BCUT2D eigenvalue weighted by Crippen LogP contribution is 2.61. The lowest BCUT2D eigenvalue weighted by atomic mass is 9.55. The Labute approximate surface area is 185 Å². The summed E-state index contributed by atoms with van der Waals surface area (Å²) >= 11 is 0. The molecular formula is C27H33NO3. The van der Waals surface area contributed by atoms with Crippen LogP contribution in [0.2, 0.25) is 0 Å². The number of hydrogen-bond acceptors (Lipinski definition) is 4. The molecule has 2 saturated carbocycles. The number of carbonyl (C=O) groups is 1. The molecule has 0 aliphatic heterocycles. The van der Waals surface area contributed by atoms with Crippen LogP contribution in [0.25, 0.3) is 0 Å². The monoisotopic (exact) mass is 419 g/mol. The first kappa shape index (κ1) is 20.4. The van der Waals surface area contributed by atoms with Crippen LogP contribution in [0.3, 0.4) is 0 Å². The van der Waals surface area contributed by atoms with Crippen LogP contribution in [-0.4, -0.2) is 26.2 Å². The summed E-state index contributed by atoms with van der Waals surface area (Å²) in [6.45, 7) is 2.52. The number of aryl methyl sites for hydroxylation is 1. The van der Waals surface area contributed by atoms with Crippen LogP contribution in [-0.2, 0) is 11.2 Å². The second kappa shape index (κ2) is 7.89. The van der Waals surface area contributed by atoms with Gasteiger partial charge in [-0.3, -0.25) is 0 Å². The van der Waals surface area contributed by atoms with Gasteiger partial charge in [-0.05, 0) is 109 Å². The fourth-order valence-electron chi connectivity index (χ4n) is 6.94. The predicted octanol–water partition coefficient (Wildman–Crippen LogP) is 5.82. The molecule has 3 aliphatic rings. The van der Waals surface area contributed by atoms with E-state index >= 15 is 0 Å². The quantitative estimate of drug-likeness (QED) is 0.635. The van der Waals surface area contributed by atoms with Gasteiger partial charge in [0.05, 0.1) is 19.8 Å². The fourth-order valence-corrected chi connectivity index (χ4v) is 6.94. The Hall–Kier alpha value is -2.49. The highest BCUT2D eigenvalue weighted by Gasteiger charge is 2.54. The number of benzene rings is 2. The van der Waals surface area contributed by atoms with E-state index in [9.17, 15) is 4.79 Å². The summed E-state index contributed by atoms with van der Waals surface area (Å²) in [6.07, 6.45) is 7.54. The summed E-state index contributed by atoms with van der Waals surface area (Å²) in [5, 5.41) is 3.83. The van der Waals surface area contributed by atoms with E-state index in [4.69, 9.17) is 9.47 Å². The second-order valence-electron chi connectivity index (χ2n) is 9.87. The smallest absolute Gasteiger partial charge is 0.337 e. The van der Waals surface area contributed by atoms with Crippen molar-refractivity contribution in [1.29, 1.82) is 0 Å². The predicted molar refractivity (Wildman–Crippen MR) is 123 cm³/mol. The van der Waals surface area contributed by atoms with Gasteiger partial charge in [-0.1, -0.05) is 13.0 Å². The summed E-state index contributed by atoms with van der Waals surface area (Å²) in [5.74, 6) is 2.96. The first-order valence-corrected chi connectivity index (χ1v) is 11.6. The fraction of sp³-hybridized carbons (Fsp3) is 0.519. The topological polar surface area (TPSA) is 47.6 Å². The number of methoxy groups -OCH3 is 2. The van der Waals surface area contributed by atoms with Gasteiger partial charge < -0.3 is 14.8 Å². The molecule has 4 heteroatoms. The maximum atomic E-state index is 11.7. The normalized spacial score (nSPS) is 31.2. The van der Waals surface area contributed by atoms with Crippen LogP contribution in [0.4, 0.5) is 5.69 Å². The average molecular weight is 420 g/mol. The maximum Gasteiger partial charge on any atom is 0.337 e. The third kappa shape index (κ3) is 3.40. The lowest BCUT2D eigenvalue weighted by Gasteiger charge is -2.51. The summed E-state index contributed by atoms with van der Waals surface area (Å²) in [5.41, 5.74) is 5.10. The van der Waals surface area contributed by atoms with Gasteiger partial charge in [0.25, 0.3) is 0 Å². The van der Waals surface area contributed by atoms with Crippen molar-refractivity contribution >= 4 is 11.7 Å². The Morgan fingerprint density at radius 3 is 2.58 bits per heavy atom. The Bertz CT molecular complexity index is 969. The molecule has 31 heavy (non-hydrogen) atoms. The van der Waals surface area contributed by atoms with Gasteiger partial charge in [0.15, 0.2) is 0 Å². The number of rotatable bonds is 4. The van der Waals surface area contributed by atoms with Crippen molar-refractivity contribution in [2.24, 2.45) is 17.3 Å². The van der Waals surface area contributed by atoms with Gasteiger partial charge in [-0.15, -0.1) is 0 Å². The molecule has 0 bridgehead atoms. The van der Waals surface area contributed by atoms with Gasteiger partial charge in [0.1, 0.15) is 5.75 Å². The van der Waals surface area contributed by atoms with E-state index in [0.717, 1.165) is 23.3 Å². The molecule has 0 heterocycles. The lowest BCUT2D eigenvalue weighted by molar-refractivity contribution is 0.0535. The van der Waals surface area contributed by atoms with Crippen molar-refractivity contribution in [2.75, 3.05) is 19.5 Å². The van der Waals surface area contributed by atoms with Crippen molar-refractivity contribution in [3.63, 3.8) is 0 Å². The summed E-state index contributed by atoms with van der Waals surface area (Å²) in [6, 6.07) is 15.0. The molecule has 0 spiro atoms. The van der Waals surface area contributed by atoms with E-state index in [2.05, 4.69) is 30.4 Å². The van der Waals surface area contributed by atoms with Crippen molar-refractivity contribution in [3.05, 3.63) is 59.2 Å². The Morgan fingerprint density at radius 2 is 1.84 bits per heavy atom. The number of carbonyl (C=O) groups excluding carboxylic acids is 1. The molecule has 5 atom stereocenters. The number of esters is 1. The van der Waals surface area contributed by atoms with Crippen LogP contribution >= 0.6 is 0 Å². The molecule has 1 N–H and O–H groups in total. The zero-order chi connectivity index (χ0) is 21.6. The van der Waals surface area contributed by atoms with Crippen LogP contribution in [0.15, 0.2) is 42.5 Å². The van der Waals surface area contributed by atoms with Gasteiger partial charge in [-0.25, -0.2) is 4.79 Å². The largest absolute Gasteiger partial charge is 0.497 e. The van der Waals surface area contributed by atoms with E-state index in [0.29, 0.717) is 22.9 Å². The number of fused-ring (bicyclic) bond motifs is 5. The number of nitrogens with one attached hydrogen (secondary N) is 1. The van der Waals surface area contributed by atoms with Gasteiger partial charge in [0, 0.05) is 11.7 Å². The molecule has 2 aromatic rings. The molecule has 3 aliphatic carbocycles. The molecule has 0 aromatic heterocycles. The third-order valence-electron chi connectivity index (χ3n) is 8.58. The Kier molecular flexibility index (Phi) is 5.19. The molecule has 164 valence electrons. The zero-order valence-corrected chi connectivity index (χ0v) is 18.8. The molecule has 0 radical (unpaired) electrons. The standard InChI is InChI=1S/C27H33NO3/c1-27-15-14-22-21-11-9-20(30-2)16-18(21)6-10-23(22)24(27)12-13-25(27)28-19-7-4-17(5-8-19)26(29)31-3/h4-5,7-9,11,16,22-25,28H,6,10,12-15H2,1-3H3/t22-,23-,24+,25+,27+/m1/s1. The summed E-state index contributed by atoms with van der Waals surface area (Å²) in [7, 11) is 3.18. The second-order valence-corrected chi connectivity index (χ2v) is 9.87. The molecule has 2 aromatic carbocycles. The molecule has 4 nitrogen and oxygen atoms in total. The maximum absolute atomic E-state index is 11.7. The van der Waals surface area contributed by atoms with Crippen molar-refractivity contribution < 1.29 is 14.3 Å². The van der Waals surface area contributed by atoms with E-state index in [1.54, 1.807) is 12.7 Å². The first-order valence-electron chi connectivity index (χ1n) is 11.6. The van der Waals surface area contributed by atoms with Crippen LogP contribution < -0.4 is 10.1 Å². The van der Waals surface area contributed by atoms with Crippen LogP contribution in [0, 0.1) is 17.3 Å². The molecule has 5 rings (SSSR count). The number of hydrogen-bond donors (Lipinski definition) is 1. The zero-order valence-electron chi connectivity index (χ0n) is 18.8. The van der Waals surface area contributed by atoms with E-state index in [-0.39, 0.29) is 5.97 Å².